The van der Waals surface area contributed by atoms with Crippen molar-refractivity contribution in [2.24, 2.45) is 17.6 Å². The van der Waals surface area contributed by atoms with Crippen LogP contribution in [-0.4, -0.2) is 42.1 Å². The van der Waals surface area contributed by atoms with Gasteiger partial charge in [0, 0.05) is 18.5 Å². The largest absolute Gasteiger partial charge is 0.375 e. The van der Waals surface area contributed by atoms with Gasteiger partial charge in [-0.1, -0.05) is 6.92 Å². The van der Waals surface area contributed by atoms with E-state index in [-0.39, 0.29) is 24.1 Å². The van der Waals surface area contributed by atoms with Gasteiger partial charge < -0.3 is 15.4 Å². The maximum Gasteiger partial charge on any atom is 0.226 e. The van der Waals surface area contributed by atoms with Crippen molar-refractivity contribution in [1.29, 1.82) is 0 Å². The van der Waals surface area contributed by atoms with Crippen LogP contribution < -0.4 is 5.73 Å². The smallest absolute Gasteiger partial charge is 0.226 e. The van der Waals surface area contributed by atoms with Crippen LogP contribution in [0, 0.1) is 11.8 Å². The second kappa shape index (κ2) is 5.57. The zero-order chi connectivity index (χ0) is 13.3. The topological polar surface area (TPSA) is 55.6 Å². The van der Waals surface area contributed by atoms with Crippen molar-refractivity contribution in [3.05, 3.63) is 0 Å². The zero-order valence-corrected chi connectivity index (χ0v) is 11.8. The molecule has 2 aliphatic rings. The van der Waals surface area contributed by atoms with Gasteiger partial charge in [-0.15, -0.1) is 0 Å². The highest BCUT2D eigenvalue weighted by Crippen LogP contribution is 2.30. The zero-order valence-electron chi connectivity index (χ0n) is 11.8. The fraction of sp³-hybridized carbons (Fsp3) is 0.929. The van der Waals surface area contributed by atoms with Crippen LogP contribution in [0.1, 0.15) is 40.0 Å². The Morgan fingerprint density at radius 3 is 2.67 bits per heavy atom. The standard InChI is InChI=1S/C14H26N2O2/c1-9-6-12(4-5-13(9)15)14(17)16-7-11(3)18-8-10(16)2/h9-13H,4-8,15H2,1-3H3. The molecule has 5 unspecified atom stereocenters. The number of morpholine rings is 1. The van der Waals surface area contributed by atoms with Gasteiger partial charge in [-0.2, -0.15) is 0 Å². The van der Waals surface area contributed by atoms with Gasteiger partial charge in [-0.3, -0.25) is 4.79 Å². The first-order valence-corrected chi connectivity index (χ1v) is 7.16. The summed E-state index contributed by atoms with van der Waals surface area (Å²) in [5.74, 6) is 0.949. The molecule has 4 heteroatoms. The predicted octanol–water partition coefficient (Wildman–Crippen LogP) is 1.39. The van der Waals surface area contributed by atoms with Crippen LogP contribution in [0.5, 0.6) is 0 Å². The lowest BCUT2D eigenvalue weighted by atomic mass is 9.78. The quantitative estimate of drug-likeness (QED) is 0.769. The average Bonchev–Trinajstić information content (AvgIpc) is 2.35. The lowest BCUT2D eigenvalue weighted by Crippen LogP contribution is -2.53. The van der Waals surface area contributed by atoms with Crippen LogP contribution in [0.3, 0.4) is 0 Å². The van der Waals surface area contributed by atoms with E-state index in [1.165, 1.54) is 0 Å². The van der Waals surface area contributed by atoms with E-state index in [2.05, 4.69) is 13.8 Å². The van der Waals surface area contributed by atoms with Gasteiger partial charge in [0.25, 0.3) is 0 Å². The second-order valence-electron chi connectivity index (χ2n) is 6.13. The molecule has 1 heterocycles. The number of hydrogen-bond donors (Lipinski definition) is 1. The minimum absolute atomic E-state index is 0.161. The molecule has 5 atom stereocenters. The molecule has 2 rings (SSSR count). The normalized spacial score (nSPS) is 41.8. The molecule has 2 fully saturated rings. The Balaban J connectivity index is 1.98. The van der Waals surface area contributed by atoms with E-state index in [4.69, 9.17) is 10.5 Å². The van der Waals surface area contributed by atoms with Gasteiger partial charge in [0.05, 0.1) is 18.8 Å². The third-order valence-electron chi connectivity index (χ3n) is 4.48. The van der Waals surface area contributed by atoms with Crippen molar-refractivity contribution in [3.8, 4) is 0 Å². The average molecular weight is 254 g/mol. The van der Waals surface area contributed by atoms with Crippen LogP contribution in [0.15, 0.2) is 0 Å². The highest BCUT2D eigenvalue weighted by Gasteiger charge is 2.35. The van der Waals surface area contributed by atoms with E-state index >= 15 is 0 Å². The molecule has 0 radical (unpaired) electrons. The lowest BCUT2D eigenvalue weighted by Gasteiger charge is -2.40. The Bertz CT molecular complexity index is 308. The summed E-state index contributed by atoms with van der Waals surface area (Å²) < 4.78 is 5.58. The Morgan fingerprint density at radius 2 is 2.00 bits per heavy atom. The van der Waals surface area contributed by atoms with Gasteiger partial charge in [-0.25, -0.2) is 0 Å². The van der Waals surface area contributed by atoms with Crippen LogP contribution >= 0.6 is 0 Å². The predicted molar refractivity (Wildman–Crippen MR) is 71.1 cm³/mol. The van der Waals surface area contributed by atoms with Crippen LogP contribution in [0.25, 0.3) is 0 Å². The minimum atomic E-state index is 0.161. The van der Waals surface area contributed by atoms with Crippen LogP contribution in [0.2, 0.25) is 0 Å². The minimum Gasteiger partial charge on any atom is -0.375 e. The summed E-state index contributed by atoms with van der Waals surface area (Å²) in [6, 6.07) is 0.481. The van der Waals surface area contributed by atoms with E-state index in [0.717, 1.165) is 25.8 Å². The summed E-state index contributed by atoms with van der Waals surface area (Å²) in [7, 11) is 0. The Morgan fingerprint density at radius 1 is 1.28 bits per heavy atom. The summed E-state index contributed by atoms with van der Waals surface area (Å²) in [5, 5.41) is 0. The molecule has 0 bridgehead atoms. The molecule has 4 nitrogen and oxygen atoms in total. The monoisotopic (exact) mass is 254 g/mol. The molecule has 104 valence electrons. The molecule has 1 aliphatic heterocycles. The SMILES string of the molecule is CC1CN(C(=O)C2CCC(N)C(C)C2)C(C)CO1. The van der Waals surface area contributed by atoms with Gasteiger partial charge >= 0.3 is 0 Å². The van der Waals surface area contributed by atoms with Crippen molar-refractivity contribution < 1.29 is 9.53 Å². The Labute approximate surface area is 110 Å². The fourth-order valence-electron chi connectivity index (χ4n) is 3.09. The molecule has 1 aliphatic carbocycles. The van der Waals surface area contributed by atoms with E-state index in [0.29, 0.717) is 18.4 Å². The number of carbonyl (C=O) groups excluding carboxylic acids is 1. The van der Waals surface area contributed by atoms with Crippen molar-refractivity contribution in [1.82, 2.24) is 4.90 Å². The van der Waals surface area contributed by atoms with Gasteiger partial charge in [0.2, 0.25) is 5.91 Å². The number of ether oxygens (including phenoxy) is 1. The first kappa shape index (κ1) is 13.8. The van der Waals surface area contributed by atoms with Gasteiger partial charge in [0.1, 0.15) is 0 Å². The summed E-state index contributed by atoms with van der Waals surface area (Å²) in [5.41, 5.74) is 6.02. The number of nitrogens with zero attached hydrogens (tertiary/aromatic N) is 1. The summed E-state index contributed by atoms with van der Waals surface area (Å²) >= 11 is 0. The molecule has 1 saturated heterocycles. The molecule has 0 aromatic heterocycles. The van der Waals surface area contributed by atoms with Crippen LogP contribution in [-0.2, 0) is 9.53 Å². The molecular weight excluding hydrogens is 228 g/mol. The number of rotatable bonds is 1. The maximum atomic E-state index is 12.6. The van der Waals surface area contributed by atoms with E-state index in [9.17, 15) is 4.79 Å². The molecule has 1 saturated carbocycles. The van der Waals surface area contributed by atoms with Gasteiger partial charge in [-0.05, 0) is 39.0 Å². The molecule has 1 amide bonds. The fourth-order valence-corrected chi connectivity index (χ4v) is 3.09. The van der Waals surface area contributed by atoms with Crippen molar-refractivity contribution in [3.63, 3.8) is 0 Å². The number of amides is 1. The maximum absolute atomic E-state index is 12.6. The third-order valence-corrected chi connectivity index (χ3v) is 4.48. The summed E-state index contributed by atoms with van der Waals surface area (Å²) in [6.45, 7) is 7.66. The van der Waals surface area contributed by atoms with Gasteiger partial charge in [0.15, 0.2) is 0 Å². The lowest BCUT2D eigenvalue weighted by molar-refractivity contribution is -0.149. The molecule has 18 heavy (non-hydrogen) atoms. The van der Waals surface area contributed by atoms with E-state index < -0.39 is 0 Å². The number of nitrogens with two attached hydrogens (primary N) is 1. The van der Waals surface area contributed by atoms with E-state index in [1.54, 1.807) is 0 Å². The summed E-state index contributed by atoms with van der Waals surface area (Å²) in [4.78, 5) is 14.6. The van der Waals surface area contributed by atoms with Crippen molar-refractivity contribution in [2.45, 2.75) is 58.2 Å². The Hall–Kier alpha value is -0.610. The molecule has 0 spiro atoms. The second-order valence-corrected chi connectivity index (χ2v) is 6.13. The third kappa shape index (κ3) is 2.86. The number of carbonyl (C=O) groups is 1. The van der Waals surface area contributed by atoms with Crippen molar-refractivity contribution >= 4 is 5.91 Å². The Kier molecular flexibility index (Phi) is 4.28. The molecule has 0 aromatic rings. The molecular formula is C14H26N2O2. The first-order valence-electron chi connectivity index (χ1n) is 7.16. The van der Waals surface area contributed by atoms with Crippen molar-refractivity contribution in [2.75, 3.05) is 13.2 Å². The molecule has 2 N–H and O–H groups in total. The number of hydrogen-bond acceptors (Lipinski definition) is 3. The highest BCUT2D eigenvalue weighted by molar-refractivity contribution is 5.79. The molecule has 0 aromatic carbocycles. The van der Waals surface area contributed by atoms with E-state index in [1.807, 2.05) is 11.8 Å². The summed E-state index contributed by atoms with van der Waals surface area (Å²) in [6.07, 6.45) is 3.03. The first-order chi connectivity index (χ1) is 8.49. The van der Waals surface area contributed by atoms with Crippen LogP contribution in [0.4, 0.5) is 0 Å². The highest BCUT2D eigenvalue weighted by atomic mass is 16.5.